The highest BCUT2D eigenvalue weighted by molar-refractivity contribution is 5.83. The molecule has 0 spiro atoms. The summed E-state index contributed by atoms with van der Waals surface area (Å²) in [6.07, 6.45) is 1.04. The van der Waals surface area contributed by atoms with Crippen molar-refractivity contribution in [3.05, 3.63) is 0 Å². The third-order valence-corrected chi connectivity index (χ3v) is 1.53. The average molecular weight is 189 g/mol. The van der Waals surface area contributed by atoms with E-state index >= 15 is 0 Å². The number of nitrogens with one attached hydrogen (secondary N) is 1. The summed E-state index contributed by atoms with van der Waals surface area (Å²) in [5, 5.41) is 19.4. The first-order chi connectivity index (χ1) is 6.11. The zero-order valence-corrected chi connectivity index (χ0v) is 7.62. The topological polar surface area (TPSA) is 86.6 Å². The predicted octanol–water partition coefficient (Wildman–Crippen LogP) is -0.262. The van der Waals surface area contributed by atoms with E-state index < -0.39 is 12.0 Å². The first kappa shape index (κ1) is 11.9. The molecule has 0 saturated carbocycles. The summed E-state index contributed by atoms with van der Waals surface area (Å²) >= 11 is 0. The van der Waals surface area contributed by atoms with Crippen LogP contribution in [0.25, 0.3) is 0 Å². The molecule has 0 aliphatic heterocycles. The zero-order valence-electron chi connectivity index (χ0n) is 7.62. The van der Waals surface area contributed by atoms with Crippen LogP contribution in [0.15, 0.2) is 0 Å². The highest BCUT2D eigenvalue weighted by atomic mass is 16.4. The number of hydrogen-bond acceptors (Lipinski definition) is 3. The van der Waals surface area contributed by atoms with Crippen LogP contribution < -0.4 is 5.32 Å². The van der Waals surface area contributed by atoms with E-state index in [1.54, 1.807) is 0 Å². The summed E-state index contributed by atoms with van der Waals surface area (Å²) in [6, 6.07) is -0.968. The molecular weight excluding hydrogens is 174 g/mol. The van der Waals surface area contributed by atoms with Gasteiger partial charge in [-0.05, 0) is 6.42 Å². The molecule has 0 aromatic carbocycles. The number of hydrogen-bond donors (Lipinski definition) is 3. The van der Waals surface area contributed by atoms with E-state index in [1.807, 2.05) is 6.92 Å². The lowest BCUT2D eigenvalue weighted by atomic mass is 10.2. The number of carboxylic acids is 1. The first-order valence-corrected chi connectivity index (χ1v) is 4.24. The van der Waals surface area contributed by atoms with Crippen LogP contribution in [0.3, 0.4) is 0 Å². The summed E-state index contributed by atoms with van der Waals surface area (Å²) in [7, 11) is 0. The van der Waals surface area contributed by atoms with Crippen LogP contribution >= 0.6 is 0 Å². The lowest BCUT2D eigenvalue weighted by molar-refractivity contribution is -0.142. The summed E-state index contributed by atoms with van der Waals surface area (Å²) in [5.74, 6) is -1.40. The molecule has 0 heterocycles. The monoisotopic (exact) mass is 189 g/mol. The summed E-state index contributed by atoms with van der Waals surface area (Å²) in [5.41, 5.74) is 0. The van der Waals surface area contributed by atoms with Crippen molar-refractivity contribution < 1.29 is 19.8 Å². The molecule has 0 aliphatic carbocycles. The zero-order chi connectivity index (χ0) is 10.3. The fraction of sp³-hybridized carbons (Fsp3) is 0.750. The van der Waals surface area contributed by atoms with E-state index in [1.165, 1.54) is 0 Å². The molecule has 0 fully saturated rings. The Morgan fingerprint density at radius 1 is 1.46 bits per heavy atom. The van der Waals surface area contributed by atoms with Gasteiger partial charge in [-0.25, -0.2) is 4.79 Å². The highest BCUT2D eigenvalue weighted by Crippen LogP contribution is 1.94. The molecule has 3 N–H and O–H groups in total. The second-order valence-corrected chi connectivity index (χ2v) is 2.72. The lowest BCUT2D eigenvalue weighted by Crippen LogP contribution is -2.41. The van der Waals surface area contributed by atoms with Crippen molar-refractivity contribution in [1.29, 1.82) is 0 Å². The Labute approximate surface area is 76.8 Å². The van der Waals surface area contributed by atoms with Crippen molar-refractivity contribution in [2.24, 2.45) is 0 Å². The number of amides is 1. The molecule has 13 heavy (non-hydrogen) atoms. The summed E-state index contributed by atoms with van der Waals surface area (Å²) in [4.78, 5) is 21.5. The lowest BCUT2D eigenvalue weighted by Gasteiger charge is -2.12. The second-order valence-electron chi connectivity index (χ2n) is 2.72. The van der Waals surface area contributed by atoms with Crippen LogP contribution in [0.2, 0.25) is 0 Å². The predicted molar refractivity (Wildman–Crippen MR) is 46.2 cm³/mol. The third kappa shape index (κ3) is 5.19. The normalized spacial score (nSPS) is 12.2. The van der Waals surface area contributed by atoms with E-state index in [4.69, 9.17) is 10.2 Å². The Hall–Kier alpha value is -1.10. The number of rotatable bonds is 6. The minimum Gasteiger partial charge on any atom is -0.480 e. The van der Waals surface area contributed by atoms with Gasteiger partial charge in [0.05, 0.1) is 0 Å². The van der Waals surface area contributed by atoms with E-state index in [0.29, 0.717) is 12.8 Å². The van der Waals surface area contributed by atoms with Crippen LogP contribution in [0.5, 0.6) is 0 Å². The number of carboxylic acid groups (broad SMARTS) is 1. The van der Waals surface area contributed by atoms with Gasteiger partial charge in [-0.2, -0.15) is 0 Å². The molecule has 0 bridgehead atoms. The first-order valence-electron chi connectivity index (χ1n) is 4.24. The van der Waals surface area contributed by atoms with Crippen molar-refractivity contribution in [3.8, 4) is 0 Å². The van der Waals surface area contributed by atoms with Gasteiger partial charge in [-0.3, -0.25) is 4.79 Å². The maximum absolute atomic E-state index is 11.0. The molecule has 0 saturated heterocycles. The number of aliphatic hydroxyl groups excluding tert-OH is 1. The minimum absolute atomic E-state index is 0.0464. The maximum Gasteiger partial charge on any atom is 0.326 e. The summed E-state index contributed by atoms with van der Waals surface area (Å²) < 4.78 is 0. The molecule has 0 aliphatic rings. The standard InChI is InChI=1S/C8H15NO4/c1-2-3-7(11)9-6(4-5-10)8(12)13/h6,10H,2-5H2,1H3,(H,9,11)(H,12,13)/t6-/m0/s1. The van der Waals surface area contributed by atoms with Crippen molar-refractivity contribution >= 4 is 11.9 Å². The largest absolute Gasteiger partial charge is 0.480 e. The van der Waals surface area contributed by atoms with Crippen LogP contribution in [-0.4, -0.2) is 34.7 Å². The van der Waals surface area contributed by atoms with Crippen LogP contribution in [0.1, 0.15) is 26.2 Å². The fourth-order valence-electron chi connectivity index (χ4n) is 0.880. The molecular formula is C8H15NO4. The number of carbonyl (C=O) groups is 2. The van der Waals surface area contributed by atoms with Gasteiger partial charge in [0.2, 0.25) is 5.91 Å². The smallest absolute Gasteiger partial charge is 0.326 e. The molecule has 0 unspecified atom stereocenters. The quantitative estimate of drug-likeness (QED) is 0.537. The van der Waals surface area contributed by atoms with Crippen molar-refractivity contribution in [1.82, 2.24) is 5.32 Å². The third-order valence-electron chi connectivity index (χ3n) is 1.53. The molecule has 0 rings (SSSR count). The minimum atomic E-state index is -1.11. The Bertz CT molecular complexity index is 181. The van der Waals surface area contributed by atoms with Gasteiger partial charge in [0.15, 0.2) is 0 Å². The molecule has 5 nitrogen and oxygen atoms in total. The Balaban J connectivity index is 3.94. The average Bonchev–Trinajstić information content (AvgIpc) is 2.04. The molecule has 5 heteroatoms. The van der Waals surface area contributed by atoms with Crippen molar-refractivity contribution in [2.75, 3.05) is 6.61 Å². The molecule has 0 aromatic rings. The van der Waals surface area contributed by atoms with E-state index in [9.17, 15) is 9.59 Å². The second kappa shape index (κ2) is 6.42. The molecule has 1 atom stereocenters. The van der Waals surface area contributed by atoms with Crippen molar-refractivity contribution in [2.45, 2.75) is 32.2 Å². The molecule has 76 valence electrons. The van der Waals surface area contributed by atoms with Gasteiger partial charge in [-0.15, -0.1) is 0 Å². The van der Waals surface area contributed by atoms with Gasteiger partial charge in [0.25, 0.3) is 0 Å². The molecule has 0 radical (unpaired) electrons. The van der Waals surface area contributed by atoms with Crippen molar-refractivity contribution in [3.63, 3.8) is 0 Å². The number of aliphatic hydroxyl groups is 1. The molecule has 0 aromatic heterocycles. The van der Waals surface area contributed by atoms with E-state index in [-0.39, 0.29) is 18.9 Å². The van der Waals surface area contributed by atoms with Gasteiger partial charge >= 0.3 is 5.97 Å². The van der Waals surface area contributed by atoms with Gasteiger partial charge in [0, 0.05) is 19.4 Å². The van der Waals surface area contributed by atoms with Crippen LogP contribution in [0.4, 0.5) is 0 Å². The van der Waals surface area contributed by atoms with Crippen LogP contribution in [0, 0.1) is 0 Å². The van der Waals surface area contributed by atoms with Gasteiger partial charge in [-0.1, -0.05) is 6.92 Å². The SMILES string of the molecule is CCCC(=O)N[C@@H](CCO)C(=O)O. The highest BCUT2D eigenvalue weighted by Gasteiger charge is 2.18. The fourth-order valence-corrected chi connectivity index (χ4v) is 0.880. The van der Waals surface area contributed by atoms with E-state index in [2.05, 4.69) is 5.32 Å². The van der Waals surface area contributed by atoms with E-state index in [0.717, 1.165) is 0 Å². The number of aliphatic carboxylic acids is 1. The Morgan fingerprint density at radius 2 is 2.08 bits per heavy atom. The maximum atomic E-state index is 11.0. The van der Waals surface area contributed by atoms with Gasteiger partial charge in [0.1, 0.15) is 6.04 Å². The summed E-state index contributed by atoms with van der Waals surface area (Å²) in [6.45, 7) is 1.59. The van der Waals surface area contributed by atoms with Crippen LogP contribution in [-0.2, 0) is 9.59 Å². The Morgan fingerprint density at radius 3 is 2.46 bits per heavy atom. The number of carbonyl (C=O) groups excluding carboxylic acids is 1. The molecule has 1 amide bonds. The van der Waals surface area contributed by atoms with Gasteiger partial charge < -0.3 is 15.5 Å². The Kier molecular flexibility index (Phi) is 5.88.